The van der Waals surface area contributed by atoms with Crippen LogP contribution in [0.5, 0.6) is 11.5 Å². The lowest BCUT2D eigenvalue weighted by Gasteiger charge is -2.26. The van der Waals surface area contributed by atoms with Crippen molar-refractivity contribution < 1.29 is 14.2 Å². The van der Waals surface area contributed by atoms with Crippen molar-refractivity contribution >= 4 is 5.65 Å². The van der Waals surface area contributed by atoms with Crippen LogP contribution in [0.4, 0.5) is 0 Å². The molecule has 0 bridgehead atoms. The highest BCUT2D eigenvalue weighted by atomic mass is 16.5. The van der Waals surface area contributed by atoms with E-state index < -0.39 is 0 Å². The first-order valence-corrected chi connectivity index (χ1v) is 11.5. The van der Waals surface area contributed by atoms with Gasteiger partial charge in [-0.2, -0.15) is 0 Å². The largest absolute Gasteiger partial charge is 0.492 e. The number of ether oxygens (including phenoxy) is 3. The van der Waals surface area contributed by atoms with Gasteiger partial charge in [0.15, 0.2) is 11.5 Å². The predicted molar refractivity (Wildman–Crippen MR) is 122 cm³/mol. The molecule has 5 rings (SSSR count). The molecule has 0 amide bonds. The van der Waals surface area contributed by atoms with Crippen molar-refractivity contribution in [2.45, 2.75) is 37.8 Å². The monoisotopic (exact) mass is 437 g/mol. The van der Waals surface area contributed by atoms with Crippen molar-refractivity contribution in [1.29, 1.82) is 0 Å². The summed E-state index contributed by atoms with van der Waals surface area (Å²) >= 11 is 0. The van der Waals surface area contributed by atoms with Gasteiger partial charge in [-0.1, -0.05) is 12.1 Å². The second-order valence-corrected chi connectivity index (χ2v) is 8.60. The van der Waals surface area contributed by atoms with Crippen molar-refractivity contribution in [2.75, 3.05) is 39.5 Å². The number of nitrogens with two attached hydrogens (primary N) is 1. The summed E-state index contributed by atoms with van der Waals surface area (Å²) in [4.78, 5) is 2.36. The number of fused-ring (bicyclic) bond motifs is 1. The van der Waals surface area contributed by atoms with E-state index in [-0.39, 0.29) is 6.10 Å². The highest BCUT2D eigenvalue weighted by Crippen LogP contribution is 2.27. The normalized spacial score (nSPS) is 22.2. The number of hydrogen-bond acceptors (Lipinski definition) is 7. The second kappa shape index (κ2) is 9.85. The second-order valence-electron chi connectivity index (χ2n) is 8.60. The summed E-state index contributed by atoms with van der Waals surface area (Å²) in [6.45, 7) is 5.08. The maximum atomic E-state index is 6.24. The van der Waals surface area contributed by atoms with Gasteiger partial charge in [-0.15, -0.1) is 10.2 Å². The smallest absolute Gasteiger partial charge is 0.168 e. The van der Waals surface area contributed by atoms with E-state index in [4.69, 9.17) is 19.9 Å². The van der Waals surface area contributed by atoms with Crippen molar-refractivity contribution in [3.8, 4) is 22.9 Å². The Morgan fingerprint density at radius 1 is 1.00 bits per heavy atom. The van der Waals surface area contributed by atoms with Crippen molar-refractivity contribution in [3.05, 3.63) is 42.6 Å². The summed E-state index contributed by atoms with van der Waals surface area (Å²) < 4.78 is 19.6. The number of rotatable bonds is 7. The molecular weight excluding hydrogens is 406 g/mol. The molecule has 2 fully saturated rings. The minimum absolute atomic E-state index is 0.218. The molecule has 32 heavy (non-hydrogen) atoms. The number of benzene rings is 1. The van der Waals surface area contributed by atoms with E-state index in [1.54, 1.807) is 0 Å². The van der Waals surface area contributed by atoms with Crippen LogP contribution in [-0.4, -0.2) is 71.1 Å². The lowest BCUT2D eigenvalue weighted by molar-refractivity contribution is 0.0322. The molecule has 1 saturated heterocycles. The topological polar surface area (TPSA) is 87.1 Å². The maximum Gasteiger partial charge on any atom is 0.168 e. The van der Waals surface area contributed by atoms with Gasteiger partial charge >= 0.3 is 0 Å². The van der Waals surface area contributed by atoms with Crippen LogP contribution in [0.1, 0.15) is 25.7 Å². The molecule has 1 aromatic carbocycles. The molecule has 2 aromatic heterocycles. The Balaban J connectivity index is 1.28. The van der Waals surface area contributed by atoms with Gasteiger partial charge in [0.2, 0.25) is 0 Å². The fourth-order valence-corrected chi connectivity index (χ4v) is 4.38. The fourth-order valence-electron chi connectivity index (χ4n) is 4.38. The Morgan fingerprint density at radius 2 is 1.84 bits per heavy atom. The molecule has 1 aliphatic heterocycles. The zero-order valence-electron chi connectivity index (χ0n) is 18.4. The van der Waals surface area contributed by atoms with Crippen molar-refractivity contribution in [3.63, 3.8) is 0 Å². The molecule has 3 aromatic rings. The van der Waals surface area contributed by atoms with E-state index >= 15 is 0 Å². The van der Waals surface area contributed by atoms with Crippen molar-refractivity contribution in [1.82, 2.24) is 19.5 Å². The molecule has 8 heteroatoms. The molecule has 1 saturated carbocycles. The third-order valence-corrected chi connectivity index (χ3v) is 6.27. The SMILES string of the molecule is NC1CCC(Oc2ccc3nnc(-c4cccc(OCCN5CCOCC5)c4)n3c2)CC1. The summed E-state index contributed by atoms with van der Waals surface area (Å²) in [6.07, 6.45) is 6.23. The number of hydrogen-bond donors (Lipinski definition) is 1. The van der Waals surface area contributed by atoms with Crippen LogP contribution in [0.2, 0.25) is 0 Å². The van der Waals surface area contributed by atoms with E-state index in [1.165, 1.54) is 0 Å². The minimum Gasteiger partial charge on any atom is -0.492 e. The Bertz CT molecular complexity index is 1030. The van der Waals surface area contributed by atoms with Crippen LogP contribution in [0.15, 0.2) is 42.6 Å². The summed E-state index contributed by atoms with van der Waals surface area (Å²) in [5.74, 6) is 2.44. The minimum atomic E-state index is 0.218. The summed E-state index contributed by atoms with van der Waals surface area (Å²) in [5, 5.41) is 8.75. The molecule has 8 nitrogen and oxygen atoms in total. The molecule has 2 aliphatic rings. The van der Waals surface area contributed by atoms with Gasteiger partial charge < -0.3 is 19.9 Å². The van der Waals surface area contributed by atoms with Crippen LogP contribution in [0.3, 0.4) is 0 Å². The van der Waals surface area contributed by atoms with Gasteiger partial charge in [0.1, 0.15) is 18.1 Å². The molecule has 0 unspecified atom stereocenters. The third kappa shape index (κ3) is 5.03. The molecule has 170 valence electrons. The lowest BCUT2D eigenvalue weighted by atomic mass is 9.94. The van der Waals surface area contributed by atoms with E-state index in [0.717, 1.165) is 87.1 Å². The van der Waals surface area contributed by atoms with Crippen LogP contribution in [0, 0.1) is 0 Å². The van der Waals surface area contributed by atoms with Gasteiger partial charge in [0.25, 0.3) is 0 Å². The quantitative estimate of drug-likeness (QED) is 0.608. The van der Waals surface area contributed by atoms with Gasteiger partial charge in [0.05, 0.1) is 25.5 Å². The van der Waals surface area contributed by atoms with E-state index in [0.29, 0.717) is 12.6 Å². The molecule has 0 spiro atoms. The summed E-state index contributed by atoms with van der Waals surface area (Å²) in [7, 11) is 0. The maximum absolute atomic E-state index is 6.24. The molecule has 3 heterocycles. The number of morpholine rings is 1. The third-order valence-electron chi connectivity index (χ3n) is 6.27. The van der Waals surface area contributed by atoms with Gasteiger partial charge in [-0.25, -0.2) is 0 Å². The Labute approximate surface area is 188 Å². The van der Waals surface area contributed by atoms with Crippen LogP contribution >= 0.6 is 0 Å². The van der Waals surface area contributed by atoms with Crippen molar-refractivity contribution in [2.24, 2.45) is 5.73 Å². The van der Waals surface area contributed by atoms with Gasteiger partial charge in [0, 0.05) is 31.2 Å². The lowest BCUT2D eigenvalue weighted by Crippen LogP contribution is -2.38. The van der Waals surface area contributed by atoms with E-state index in [1.807, 2.05) is 47.0 Å². The molecule has 0 radical (unpaired) electrons. The van der Waals surface area contributed by atoms with E-state index in [2.05, 4.69) is 15.1 Å². The summed E-state index contributed by atoms with van der Waals surface area (Å²) in [5.41, 5.74) is 7.77. The highest BCUT2D eigenvalue weighted by Gasteiger charge is 2.20. The predicted octanol–water partition coefficient (Wildman–Crippen LogP) is 2.76. The average molecular weight is 438 g/mol. The Morgan fingerprint density at radius 3 is 2.69 bits per heavy atom. The zero-order valence-corrected chi connectivity index (χ0v) is 18.4. The number of aromatic nitrogens is 3. The summed E-state index contributed by atoms with van der Waals surface area (Å²) in [6, 6.07) is 12.2. The van der Waals surface area contributed by atoms with E-state index in [9.17, 15) is 0 Å². The van der Waals surface area contributed by atoms with Gasteiger partial charge in [-0.3, -0.25) is 9.30 Å². The molecular formula is C24H31N5O3. The van der Waals surface area contributed by atoms with Gasteiger partial charge in [-0.05, 0) is 49.9 Å². The molecule has 2 N–H and O–H groups in total. The first-order chi connectivity index (χ1) is 15.7. The van der Waals surface area contributed by atoms with Crippen LogP contribution < -0.4 is 15.2 Å². The first kappa shape index (κ1) is 21.2. The van der Waals surface area contributed by atoms with Crippen LogP contribution in [-0.2, 0) is 4.74 Å². The number of pyridine rings is 1. The Hall–Kier alpha value is -2.68. The average Bonchev–Trinajstić information content (AvgIpc) is 3.25. The fraction of sp³-hybridized carbons (Fsp3) is 0.500. The molecule has 0 atom stereocenters. The van der Waals surface area contributed by atoms with Crippen LogP contribution in [0.25, 0.3) is 17.0 Å². The Kier molecular flexibility index (Phi) is 6.52. The zero-order chi connectivity index (χ0) is 21.8. The number of nitrogens with zero attached hydrogens (tertiary/aromatic N) is 4. The first-order valence-electron chi connectivity index (χ1n) is 11.5. The standard InChI is InChI=1S/C24H31N5O3/c25-19-4-6-20(7-5-19)32-22-8-9-23-26-27-24(29(23)17-22)18-2-1-3-21(16-18)31-15-12-28-10-13-30-14-11-28/h1-3,8-9,16-17,19-20H,4-7,10-15,25H2. The molecule has 1 aliphatic carbocycles. The highest BCUT2D eigenvalue weighted by molar-refractivity contribution is 5.61.